The molecule has 0 aliphatic carbocycles. The van der Waals surface area contributed by atoms with E-state index >= 15 is 0 Å². The van der Waals surface area contributed by atoms with Crippen LogP contribution in [0.15, 0.2) is 62.9 Å². The lowest BCUT2D eigenvalue weighted by molar-refractivity contribution is 0.319. The van der Waals surface area contributed by atoms with Crippen molar-refractivity contribution in [3.05, 3.63) is 75.6 Å². The van der Waals surface area contributed by atoms with Gasteiger partial charge in [0.2, 0.25) is 0 Å². The minimum atomic E-state index is -0.754. The fourth-order valence-corrected chi connectivity index (χ4v) is 2.41. The number of aryl methyl sites for hydroxylation is 1. The van der Waals surface area contributed by atoms with Crippen LogP contribution in [-0.4, -0.2) is 16.0 Å². The first-order chi connectivity index (χ1) is 10.6. The summed E-state index contributed by atoms with van der Waals surface area (Å²) in [4.78, 5) is 12.3. The standard InChI is InChI=1S/C17H13NO4/c1-10-6-5-9-12-15(19)13(17(20)22-16(10)12)14(18-21)11-7-3-2-4-8-11/h2-9,19,21H,1H3/b18-14-. The first-order valence-corrected chi connectivity index (χ1v) is 6.66. The second-order valence-corrected chi connectivity index (χ2v) is 4.88. The molecule has 1 aromatic heterocycles. The number of benzene rings is 2. The topological polar surface area (TPSA) is 83.0 Å². The number of nitrogens with zero attached hydrogens (tertiary/aromatic N) is 1. The van der Waals surface area contributed by atoms with E-state index in [0.29, 0.717) is 16.5 Å². The minimum Gasteiger partial charge on any atom is -0.506 e. The predicted octanol–water partition coefficient (Wildman–Crippen LogP) is 3.03. The molecule has 3 aromatic rings. The summed E-state index contributed by atoms with van der Waals surface area (Å²) in [6.45, 7) is 1.78. The minimum absolute atomic E-state index is 0.0322. The quantitative estimate of drug-likeness (QED) is 0.329. The molecule has 0 aliphatic rings. The van der Waals surface area contributed by atoms with Crippen LogP contribution < -0.4 is 5.63 Å². The summed E-state index contributed by atoms with van der Waals surface area (Å²) in [5.74, 6) is -0.258. The van der Waals surface area contributed by atoms with E-state index < -0.39 is 5.63 Å². The lowest BCUT2D eigenvalue weighted by atomic mass is 10.0. The molecule has 22 heavy (non-hydrogen) atoms. The maximum Gasteiger partial charge on any atom is 0.349 e. The molecule has 1 heterocycles. The molecule has 5 nitrogen and oxygen atoms in total. The highest BCUT2D eigenvalue weighted by molar-refractivity contribution is 6.15. The molecule has 3 rings (SSSR count). The van der Waals surface area contributed by atoms with E-state index in [9.17, 15) is 15.1 Å². The summed E-state index contributed by atoms with van der Waals surface area (Å²) in [6, 6.07) is 13.8. The number of rotatable bonds is 2. The van der Waals surface area contributed by atoms with Crippen LogP contribution in [-0.2, 0) is 0 Å². The lowest BCUT2D eigenvalue weighted by Crippen LogP contribution is -2.16. The van der Waals surface area contributed by atoms with Gasteiger partial charge in [-0.15, -0.1) is 0 Å². The maximum absolute atomic E-state index is 12.3. The van der Waals surface area contributed by atoms with Crippen molar-refractivity contribution in [3.63, 3.8) is 0 Å². The molecule has 2 N–H and O–H groups in total. The Labute approximate surface area is 125 Å². The summed E-state index contributed by atoms with van der Waals surface area (Å²) >= 11 is 0. The number of para-hydroxylation sites is 1. The van der Waals surface area contributed by atoms with Gasteiger partial charge in [0.05, 0.1) is 5.39 Å². The van der Waals surface area contributed by atoms with Crippen molar-refractivity contribution < 1.29 is 14.7 Å². The smallest absolute Gasteiger partial charge is 0.349 e. The van der Waals surface area contributed by atoms with Crippen LogP contribution >= 0.6 is 0 Å². The third kappa shape index (κ3) is 2.13. The Morgan fingerprint density at radius 2 is 1.82 bits per heavy atom. The van der Waals surface area contributed by atoms with Gasteiger partial charge in [0.15, 0.2) is 0 Å². The van der Waals surface area contributed by atoms with Crippen LogP contribution in [0.4, 0.5) is 0 Å². The van der Waals surface area contributed by atoms with Crippen molar-refractivity contribution in [2.75, 3.05) is 0 Å². The Hall–Kier alpha value is -3.08. The lowest BCUT2D eigenvalue weighted by Gasteiger charge is -2.09. The maximum atomic E-state index is 12.3. The van der Waals surface area contributed by atoms with Gasteiger partial charge in [0.1, 0.15) is 22.6 Å². The second kappa shape index (κ2) is 5.37. The second-order valence-electron chi connectivity index (χ2n) is 4.88. The van der Waals surface area contributed by atoms with Gasteiger partial charge >= 0.3 is 5.63 Å². The van der Waals surface area contributed by atoms with Gasteiger partial charge in [0.25, 0.3) is 0 Å². The van der Waals surface area contributed by atoms with E-state index in [4.69, 9.17) is 4.42 Å². The molecular formula is C17H13NO4. The molecule has 0 radical (unpaired) electrons. The summed E-state index contributed by atoms with van der Waals surface area (Å²) in [5.41, 5.74) is 0.607. The molecule has 0 spiro atoms. The molecule has 0 bridgehead atoms. The van der Waals surface area contributed by atoms with Crippen LogP contribution in [0.25, 0.3) is 11.0 Å². The van der Waals surface area contributed by atoms with E-state index in [0.717, 1.165) is 5.56 Å². The normalized spacial score (nSPS) is 11.8. The van der Waals surface area contributed by atoms with Gasteiger partial charge in [-0.05, 0) is 18.6 Å². The van der Waals surface area contributed by atoms with Crippen molar-refractivity contribution in [2.45, 2.75) is 6.92 Å². The van der Waals surface area contributed by atoms with Crippen molar-refractivity contribution >= 4 is 16.7 Å². The van der Waals surface area contributed by atoms with Crippen LogP contribution in [0.5, 0.6) is 5.75 Å². The first-order valence-electron chi connectivity index (χ1n) is 6.66. The largest absolute Gasteiger partial charge is 0.506 e. The number of hydrogen-bond donors (Lipinski definition) is 2. The molecule has 0 saturated heterocycles. The highest BCUT2D eigenvalue weighted by atomic mass is 16.4. The predicted molar refractivity (Wildman–Crippen MR) is 82.8 cm³/mol. The fraction of sp³-hybridized carbons (Fsp3) is 0.0588. The number of aromatic hydroxyl groups is 1. The van der Waals surface area contributed by atoms with Crippen LogP contribution in [0.1, 0.15) is 16.7 Å². The fourth-order valence-electron chi connectivity index (χ4n) is 2.41. The van der Waals surface area contributed by atoms with E-state index in [1.54, 1.807) is 55.5 Å². The van der Waals surface area contributed by atoms with Crippen LogP contribution in [0, 0.1) is 6.92 Å². The zero-order chi connectivity index (χ0) is 15.7. The van der Waals surface area contributed by atoms with Gasteiger partial charge in [-0.2, -0.15) is 0 Å². The number of fused-ring (bicyclic) bond motifs is 1. The highest BCUT2D eigenvalue weighted by Crippen LogP contribution is 2.29. The molecule has 0 atom stereocenters. The highest BCUT2D eigenvalue weighted by Gasteiger charge is 2.21. The average Bonchev–Trinajstić information content (AvgIpc) is 2.53. The monoisotopic (exact) mass is 295 g/mol. The Balaban J connectivity index is 2.34. The summed E-state index contributed by atoms with van der Waals surface area (Å²) in [7, 11) is 0. The summed E-state index contributed by atoms with van der Waals surface area (Å²) < 4.78 is 5.30. The molecule has 0 amide bonds. The van der Waals surface area contributed by atoms with Crippen molar-refractivity contribution in [2.24, 2.45) is 5.16 Å². The third-order valence-electron chi connectivity index (χ3n) is 3.49. The number of hydrogen-bond acceptors (Lipinski definition) is 5. The molecule has 2 aromatic carbocycles. The van der Waals surface area contributed by atoms with Crippen molar-refractivity contribution in [3.8, 4) is 5.75 Å². The van der Waals surface area contributed by atoms with Gasteiger partial charge in [-0.25, -0.2) is 4.79 Å². The van der Waals surface area contributed by atoms with Crippen LogP contribution in [0.3, 0.4) is 0 Å². The molecule has 0 unspecified atom stereocenters. The van der Waals surface area contributed by atoms with E-state index in [1.165, 1.54) is 0 Å². The molecular weight excluding hydrogens is 282 g/mol. The molecule has 5 heteroatoms. The Morgan fingerprint density at radius 1 is 1.09 bits per heavy atom. The number of oxime groups is 1. The van der Waals surface area contributed by atoms with Gasteiger partial charge in [0, 0.05) is 5.56 Å². The van der Waals surface area contributed by atoms with Gasteiger partial charge < -0.3 is 14.7 Å². The zero-order valence-corrected chi connectivity index (χ0v) is 11.8. The average molecular weight is 295 g/mol. The zero-order valence-electron chi connectivity index (χ0n) is 11.8. The summed E-state index contributed by atoms with van der Waals surface area (Å²) in [6.07, 6.45) is 0. The van der Waals surface area contributed by atoms with Gasteiger partial charge in [-0.1, -0.05) is 47.6 Å². The molecule has 110 valence electrons. The van der Waals surface area contributed by atoms with E-state index in [1.807, 2.05) is 0 Å². The van der Waals surface area contributed by atoms with Gasteiger partial charge in [-0.3, -0.25) is 0 Å². The van der Waals surface area contributed by atoms with Crippen molar-refractivity contribution in [1.29, 1.82) is 0 Å². The Kier molecular flexibility index (Phi) is 3.39. The van der Waals surface area contributed by atoms with E-state index in [-0.39, 0.29) is 17.0 Å². The van der Waals surface area contributed by atoms with Crippen molar-refractivity contribution in [1.82, 2.24) is 0 Å². The van der Waals surface area contributed by atoms with E-state index in [2.05, 4.69) is 5.16 Å². The first kappa shape index (κ1) is 13.9. The molecule has 0 saturated carbocycles. The molecule has 0 fully saturated rings. The molecule has 0 aliphatic heterocycles. The third-order valence-corrected chi connectivity index (χ3v) is 3.49. The summed E-state index contributed by atoms with van der Waals surface area (Å²) in [5, 5.41) is 23.3. The Bertz CT molecular complexity index is 927. The van der Waals surface area contributed by atoms with Crippen LogP contribution in [0.2, 0.25) is 0 Å². The Morgan fingerprint density at radius 3 is 2.50 bits per heavy atom. The SMILES string of the molecule is Cc1cccc2c(O)c(/C(=N\O)c3ccccc3)c(=O)oc12.